The molecular formula is C20H28O2. The molecule has 2 rings (SSSR count). The highest BCUT2D eigenvalue weighted by atomic mass is 16.5. The highest BCUT2D eigenvalue weighted by molar-refractivity contribution is 5.88. The van der Waals surface area contributed by atoms with Gasteiger partial charge in [0.25, 0.3) is 0 Å². The van der Waals surface area contributed by atoms with Crippen LogP contribution in [0.4, 0.5) is 0 Å². The topological polar surface area (TPSA) is 18.5 Å². The van der Waals surface area contributed by atoms with E-state index in [9.17, 15) is 0 Å². The maximum atomic E-state index is 5.95. The minimum atomic E-state index is 0.796. The lowest BCUT2D eigenvalue weighted by atomic mass is 10.1. The summed E-state index contributed by atoms with van der Waals surface area (Å²) < 4.78 is 11.5. The molecule has 0 aromatic heterocycles. The Kier molecular flexibility index (Phi) is 7.82. The molecule has 0 aliphatic carbocycles. The number of rotatable bonds is 11. The van der Waals surface area contributed by atoms with Crippen molar-refractivity contribution in [3.63, 3.8) is 0 Å². The molecule has 2 aromatic carbocycles. The molecule has 0 unspecified atom stereocenters. The summed E-state index contributed by atoms with van der Waals surface area (Å²) in [5, 5.41) is 2.44. The fourth-order valence-electron chi connectivity index (χ4n) is 2.51. The predicted octanol–water partition coefficient (Wildman–Crippen LogP) is 5.60. The summed E-state index contributed by atoms with van der Waals surface area (Å²) in [6, 6.07) is 14.6. The molecule has 0 radical (unpaired) electrons. The maximum Gasteiger partial charge on any atom is 0.127 e. The summed E-state index contributed by atoms with van der Waals surface area (Å²) in [6.07, 6.45) is 7.10. The standard InChI is InChI=1S/C20H28O2/c1-2-3-15-21-16-8-4-5-9-17-22-20-14-10-12-18-11-6-7-13-19(18)20/h6-7,10-14H,2-5,8-9,15-17H2,1H3. The van der Waals surface area contributed by atoms with Crippen LogP contribution in [0.3, 0.4) is 0 Å². The second-order valence-electron chi connectivity index (χ2n) is 5.71. The van der Waals surface area contributed by atoms with Crippen LogP contribution < -0.4 is 4.74 Å². The van der Waals surface area contributed by atoms with Crippen molar-refractivity contribution in [2.75, 3.05) is 19.8 Å². The van der Waals surface area contributed by atoms with E-state index in [1.807, 2.05) is 0 Å². The zero-order valence-electron chi connectivity index (χ0n) is 13.7. The summed E-state index contributed by atoms with van der Waals surface area (Å²) >= 11 is 0. The van der Waals surface area contributed by atoms with Crippen molar-refractivity contribution in [3.8, 4) is 5.75 Å². The van der Waals surface area contributed by atoms with Crippen LogP contribution in [0.25, 0.3) is 10.8 Å². The number of unbranched alkanes of at least 4 members (excludes halogenated alkanes) is 4. The fraction of sp³-hybridized carbons (Fsp3) is 0.500. The van der Waals surface area contributed by atoms with E-state index in [0.29, 0.717) is 0 Å². The molecule has 0 amide bonds. The Morgan fingerprint density at radius 1 is 0.727 bits per heavy atom. The predicted molar refractivity (Wildman–Crippen MR) is 93.6 cm³/mol. The van der Waals surface area contributed by atoms with Crippen LogP contribution in [0.15, 0.2) is 42.5 Å². The minimum Gasteiger partial charge on any atom is -0.493 e. The Hall–Kier alpha value is -1.54. The number of hydrogen-bond acceptors (Lipinski definition) is 2. The first-order chi connectivity index (χ1) is 10.9. The number of benzene rings is 2. The molecule has 120 valence electrons. The lowest BCUT2D eigenvalue weighted by Gasteiger charge is -2.09. The molecule has 0 fully saturated rings. The largest absolute Gasteiger partial charge is 0.493 e. The van der Waals surface area contributed by atoms with E-state index >= 15 is 0 Å². The van der Waals surface area contributed by atoms with Gasteiger partial charge in [-0.15, -0.1) is 0 Å². The van der Waals surface area contributed by atoms with Crippen molar-refractivity contribution in [1.29, 1.82) is 0 Å². The van der Waals surface area contributed by atoms with Crippen LogP contribution in [-0.2, 0) is 4.74 Å². The summed E-state index contributed by atoms with van der Waals surface area (Å²) in [7, 11) is 0. The molecule has 0 bridgehead atoms. The molecule has 2 aromatic rings. The van der Waals surface area contributed by atoms with Crippen molar-refractivity contribution < 1.29 is 9.47 Å². The number of fused-ring (bicyclic) bond motifs is 1. The van der Waals surface area contributed by atoms with Gasteiger partial charge in [0.1, 0.15) is 5.75 Å². The summed E-state index contributed by atoms with van der Waals surface area (Å²) in [5.74, 6) is 1.00. The van der Waals surface area contributed by atoms with E-state index in [1.165, 1.54) is 36.5 Å². The zero-order chi connectivity index (χ0) is 15.5. The first-order valence-corrected chi connectivity index (χ1v) is 8.60. The van der Waals surface area contributed by atoms with Crippen LogP contribution in [-0.4, -0.2) is 19.8 Å². The van der Waals surface area contributed by atoms with E-state index < -0.39 is 0 Å². The number of hydrogen-bond donors (Lipinski definition) is 0. The first-order valence-electron chi connectivity index (χ1n) is 8.60. The third kappa shape index (κ3) is 5.69. The van der Waals surface area contributed by atoms with Crippen LogP contribution in [0, 0.1) is 0 Å². The van der Waals surface area contributed by atoms with Crippen LogP contribution in [0.2, 0.25) is 0 Å². The molecule has 22 heavy (non-hydrogen) atoms. The molecule has 0 atom stereocenters. The van der Waals surface area contributed by atoms with Gasteiger partial charge in [0.05, 0.1) is 6.61 Å². The van der Waals surface area contributed by atoms with Gasteiger partial charge in [-0.2, -0.15) is 0 Å². The van der Waals surface area contributed by atoms with Crippen LogP contribution in [0.5, 0.6) is 5.75 Å². The van der Waals surface area contributed by atoms with E-state index in [-0.39, 0.29) is 0 Å². The molecule has 0 aliphatic rings. The molecule has 0 saturated heterocycles. The van der Waals surface area contributed by atoms with Gasteiger partial charge in [0.2, 0.25) is 0 Å². The molecule has 0 aliphatic heterocycles. The first kappa shape index (κ1) is 16.8. The van der Waals surface area contributed by atoms with E-state index in [0.717, 1.165) is 38.4 Å². The van der Waals surface area contributed by atoms with E-state index in [4.69, 9.17) is 9.47 Å². The quantitative estimate of drug-likeness (QED) is 0.503. The zero-order valence-corrected chi connectivity index (χ0v) is 13.7. The second-order valence-corrected chi connectivity index (χ2v) is 5.71. The number of ether oxygens (including phenoxy) is 2. The summed E-state index contributed by atoms with van der Waals surface area (Å²) in [4.78, 5) is 0. The van der Waals surface area contributed by atoms with Gasteiger partial charge in [0.15, 0.2) is 0 Å². The van der Waals surface area contributed by atoms with Gasteiger partial charge in [0, 0.05) is 18.6 Å². The second kappa shape index (κ2) is 10.2. The Labute approximate surface area is 134 Å². The smallest absolute Gasteiger partial charge is 0.127 e. The fourth-order valence-corrected chi connectivity index (χ4v) is 2.51. The third-order valence-electron chi connectivity index (χ3n) is 3.83. The molecule has 0 N–H and O–H groups in total. The van der Waals surface area contributed by atoms with Gasteiger partial charge < -0.3 is 9.47 Å². The SMILES string of the molecule is CCCCOCCCCCCOc1cccc2ccccc12. The Bertz CT molecular complexity index is 531. The highest BCUT2D eigenvalue weighted by Gasteiger charge is 2.00. The summed E-state index contributed by atoms with van der Waals surface area (Å²) in [5.41, 5.74) is 0. The highest BCUT2D eigenvalue weighted by Crippen LogP contribution is 2.25. The Morgan fingerprint density at radius 3 is 2.32 bits per heavy atom. The van der Waals surface area contributed by atoms with Gasteiger partial charge >= 0.3 is 0 Å². The van der Waals surface area contributed by atoms with Crippen molar-refractivity contribution in [3.05, 3.63) is 42.5 Å². The molecule has 2 heteroatoms. The molecule has 0 spiro atoms. The Balaban J connectivity index is 1.59. The van der Waals surface area contributed by atoms with Crippen molar-refractivity contribution in [2.24, 2.45) is 0 Å². The molecule has 2 nitrogen and oxygen atoms in total. The Morgan fingerprint density at radius 2 is 1.45 bits per heavy atom. The van der Waals surface area contributed by atoms with Gasteiger partial charge in [-0.1, -0.05) is 56.2 Å². The van der Waals surface area contributed by atoms with Crippen molar-refractivity contribution in [1.82, 2.24) is 0 Å². The van der Waals surface area contributed by atoms with E-state index in [2.05, 4.69) is 49.4 Å². The third-order valence-corrected chi connectivity index (χ3v) is 3.83. The van der Waals surface area contributed by atoms with Crippen molar-refractivity contribution >= 4 is 10.8 Å². The molecule has 0 saturated carbocycles. The average molecular weight is 300 g/mol. The molecular weight excluding hydrogens is 272 g/mol. The van der Waals surface area contributed by atoms with Gasteiger partial charge in [-0.05, 0) is 37.1 Å². The monoisotopic (exact) mass is 300 g/mol. The lowest BCUT2D eigenvalue weighted by Crippen LogP contribution is -1.99. The van der Waals surface area contributed by atoms with Crippen molar-refractivity contribution in [2.45, 2.75) is 45.4 Å². The lowest BCUT2D eigenvalue weighted by molar-refractivity contribution is 0.126. The minimum absolute atomic E-state index is 0.796. The molecule has 0 heterocycles. The normalized spacial score (nSPS) is 11.0. The van der Waals surface area contributed by atoms with Gasteiger partial charge in [-0.3, -0.25) is 0 Å². The van der Waals surface area contributed by atoms with Gasteiger partial charge in [-0.25, -0.2) is 0 Å². The maximum absolute atomic E-state index is 5.95. The van der Waals surface area contributed by atoms with Crippen LogP contribution >= 0.6 is 0 Å². The average Bonchev–Trinajstić information content (AvgIpc) is 2.56. The van der Waals surface area contributed by atoms with E-state index in [1.54, 1.807) is 0 Å². The van der Waals surface area contributed by atoms with Crippen LogP contribution in [0.1, 0.15) is 45.4 Å². The summed E-state index contributed by atoms with van der Waals surface area (Å²) in [6.45, 7) is 4.81.